The number of halogens is 4. The van der Waals surface area contributed by atoms with Crippen LogP contribution in [0.5, 0.6) is 0 Å². The summed E-state index contributed by atoms with van der Waals surface area (Å²) in [5, 5.41) is -0.0307. The Morgan fingerprint density at radius 2 is 1.88 bits per heavy atom. The molecular weight excluding hydrogens is 469 g/mol. The van der Waals surface area contributed by atoms with Gasteiger partial charge in [0.25, 0.3) is 0 Å². The van der Waals surface area contributed by atoms with Crippen molar-refractivity contribution in [2.45, 2.75) is 37.8 Å². The molecule has 0 radical (unpaired) electrons. The van der Waals surface area contributed by atoms with Gasteiger partial charge in [0.05, 0.1) is 16.5 Å². The van der Waals surface area contributed by atoms with Gasteiger partial charge in [-0.3, -0.25) is 4.79 Å². The van der Waals surface area contributed by atoms with Gasteiger partial charge in [0, 0.05) is 38.3 Å². The van der Waals surface area contributed by atoms with Gasteiger partial charge in [-0.2, -0.15) is 13.2 Å². The monoisotopic (exact) mass is 492 g/mol. The van der Waals surface area contributed by atoms with E-state index in [1.165, 1.54) is 0 Å². The predicted molar refractivity (Wildman–Crippen MR) is 122 cm³/mol. The van der Waals surface area contributed by atoms with Crippen LogP contribution in [0.1, 0.15) is 43.1 Å². The summed E-state index contributed by atoms with van der Waals surface area (Å²) in [5.41, 5.74) is 0.706. The number of alkyl halides is 3. The zero-order chi connectivity index (χ0) is 23.9. The fourth-order valence-corrected chi connectivity index (χ4v) is 5.14. The van der Waals surface area contributed by atoms with Gasteiger partial charge in [-0.1, -0.05) is 23.7 Å². The number of carbonyl (C=O) groups excluding carboxylic acids is 1. The summed E-state index contributed by atoms with van der Waals surface area (Å²) in [4.78, 5) is 25.6. The second-order valence-electron chi connectivity index (χ2n) is 8.93. The van der Waals surface area contributed by atoms with Crippen molar-refractivity contribution in [2.24, 2.45) is 5.92 Å². The number of rotatable bonds is 3. The van der Waals surface area contributed by atoms with Crippen LogP contribution in [0.25, 0.3) is 11.1 Å². The van der Waals surface area contributed by atoms with E-state index in [2.05, 4.69) is 9.97 Å². The van der Waals surface area contributed by atoms with E-state index in [4.69, 9.17) is 16.0 Å². The molecule has 3 aromatic rings. The van der Waals surface area contributed by atoms with E-state index in [0.29, 0.717) is 50.7 Å². The minimum absolute atomic E-state index is 0.0307. The number of amides is 1. The van der Waals surface area contributed by atoms with E-state index in [1.54, 1.807) is 0 Å². The van der Waals surface area contributed by atoms with Gasteiger partial charge in [-0.25, -0.2) is 9.97 Å². The highest BCUT2D eigenvalue weighted by molar-refractivity contribution is 6.33. The molecule has 1 aromatic carbocycles. The molecule has 2 aromatic heterocycles. The number of carbonyl (C=O) groups is 1. The number of anilines is 1. The second-order valence-corrected chi connectivity index (χ2v) is 9.34. The number of nitrogens with zero attached hydrogens (tertiary/aromatic N) is 4. The van der Waals surface area contributed by atoms with Crippen molar-refractivity contribution in [3.8, 4) is 0 Å². The number of aromatic nitrogens is 2. The van der Waals surface area contributed by atoms with Crippen molar-refractivity contribution in [2.75, 3.05) is 31.1 Å². The van der Waals surface area contributed by atoms with Crippen molar-refractivity contribution >= 4 is 34.4 Å². The lowest BCUT2D eigenvalue weighted by Gasteiger charge is -2.37. The van der Waals surface area contributed by atoms with Crippen molar-refractivity contribution in [3.63, 3.8) is 0 Å². The summed E-state index contributed by atoms with van der Waals surface area (Å²) >= 11 is 6.10. The lowest BCUT2D eigenvalue weighted by molar-refractivity contribution is -0.138. The number of fused-ring (bicyclic) bond motifs is 1. The first kappa shape index (κ1) is 23.0. The van der Waals surface area contributed by atoms with Crippen LogP contribution in [0.4, 0.5) is 19.0 Å². The first-order valence-electron chi connectivity index (χ1n) is 11.4. The number of likely N-dealkylation sites (tertiary alicyclic amines) is 1. The highest BCUT2D eigenvalue weighted by Crippen LogP contribution is 2.35. The smallest absolute Gasteiger partial charge is 0.417 e. The molecule has 2 fully saturated rings. The van der Waals surface area contributed by atoms with Crippen LogP contribution in [0, 0.1) is 5.92 Å². The number of hydrogen-bond donors (Lipinski definition) is 0. The lowest BCUT2D eigenvalue weighted by Crippen LogP contribution is -2.46. The van der Waals surface area contributed by atoms with Crippen LogP contribution in [0.15, 0.2) is 40.9 Å². The van der Waals surface area contributed by atoms with Gasteiger partial charge < -0.3 is 14.2 Å². The maximum absolute atomic E-state index is 13.3. The van der Waals surface area contributed by atoms with E-state index in [0.717, 1.165) is 36.2 Å². The Bertz CT molecular complexity index is 1160. The van der Waals surface area contributed by atoms with Crippen LogP contribution in [0.2, 0.25) is 5.02 Å². The molecule has 1 amide bonds. The quantitative estimate of drug-likeness (QED) is 0.482. The molecule has 34 heavy (non-hydrogen) atoms. The van der Waals surface area contributed by atoms with Crippen LogP contribution in [0.3, 0.4) is 0 Å². The largest absolute Gasteiger partial charge is 0.440 e. The van der Waals surface area contributed by atoms with E-state index >= 15 is 0 Å². The summed E-state index contributed by atoms with van der Waals surface area (Å²) in [6, 6.07) is 8.54. The molecule has 1 unspecified atom stereocenters. The highest BCUT2D eigenvalue weighted by atomic mass is 35.5. The molecule has 2 aliphatic heterocycles. The first-order chi connectivity index (χ1) is 16.3. The van der Waals surface area contributed by atoms with Crippen LogP contribution in [-0.2, 0) is 11.0 Å². The third kappa shape index (κ3) is 4.58. The van der Waals surface area contributed by atoms with E-state index in [-0.39, 0.29) is 22.8 Å². The maximum Gasteiger partial charge on any atom is 0.417 e. The van der Waals surface area contributed by atoms with Crippen molar-refractivity contribution in [1.82, 2.24) is 14.9 Å². The van der Waals surface area contributed by atoms with Crippen molar-refractivity contribution in [3.05, 3.63) is 53.0 Å². The standard InChI is InChI=1S/C24H24ClF3N4O2/c25-18-12-17(24(26,27)28)13-29-21(18)31-10-7-15(8-11-31)23(33)32-9-3-4-16(14-32)22-30-19-5-1-2-6-20(19)34-22/h1-2,5-6,12-13,15-16H,3-4,7-11,14H2. The summed E-state index contributed by atoms with van der Waals surface area (Å²) < 4.78 is 44.6. The first-order valence-corrected chi connectivity index (χ1v) is 11.8. The molecule has 0 bridgehead atoms. The highest BCUT2D eigenvalue weighted by Gasteiger charge is 2.35. The molecule has 180 valence electrons. The van der Waals surface area contributed by atoms with Crippen molar-refractivity contribution in [1.29, 1.82) is 0 Å². The van der Waals surface area contributed by atoms with Gasteiger partial charge in [0.2, 0.25) is 5.91 Å². The van der Waals surface area contributed by atoms with E-state index < -0.39 is 11.7 Å². The van der Waals surface area contributed by atoms with E-state index in [9.17, 15) is 18.0 Å². The summed E-state index contributed by atoms with van der Waals surface area (Å²) in [7, 11) is 0. The molecule has 2 saturated heterocycles. The number of para-hydroxylation sites is 2. The molecule has 5 rings (SSSR count). The maximum atomic E-state index is 13.3. The van der Waals surface area contributed by atoms with E-state index in [1.807, 2.05) is 34.1 Å². The fraction of sp³-hybridized carbons (Fsp3) is 0.458. The topological polar surface area (TPSA) is 62.5 Å². The Labute approximate surface area is 199 Å². The summed E-state index contributed by atoms with van der Waals surface area (Å²) in [6.07, 6.45) is -0.673. The molecule has 0 spiro atoms. The van der Waals surface area contributed by atoms with Crippen molar-refractivity contribution < 1.29 is 22.4 Å². The minimum Gasteiger partial charge on any atom is -0.440 e. The minimum atomic E-state index is -4.49. The Balaban J connectivity index is 1.21. The summed E-state index contributed by atoms with van der Waals surface area (Å²) in [6.45, 7) is 2.31. The normalized spacial score (nSPS) is 20.2. The molecule has 0 saturated carbocycles. The molecule has 0 N–H and O–H groups in total. The molecule has 6 nitrogen and oxygen atoms in total. The SMILES string of the molecule is O=C(C1CCN(c2ncc(C(F)(F)F)cc2Cl)CC1)N1CCCC(c2nc3ccccc3o2)C1. The zero-order valence-electron chi connectivity index (χ0n) is 18.4. The molecule has 1 atom stereocenters. The average Bonchev–Trinajstić information content (AvgIpc) is 3.28. The second kappa shape index (κ2) is 9.09. The average molecular weight is 493 g/mol. The number of pyridine rings is 1. The number of oxazole rings is 1. The Morgan fingerprint density at radius 3 is 2.59 bits per heavy atom. The molecule has 0 aliphatic carbocycles. The zero-order valence-corrected chi connectivity index (χ0v) is 19.1. The predicted octanol–water partition coefficient (Wildman–Crippen LogP) is 5.52. The number of benzene rings is 1. The fourth-order valence-electron chi connectivity index (χ4n) is 4.86. The van der Waals surface area contributed by atoms with Gasteiger partial charge in [-0.05, 0) is 43.9 Å². The molecule has 2 aliphatic rings. The van der Waals surface area contributed by atoms with Gasteiger partial charge in [0.15, 0.2) is 11.5 Å². The lowest BCUT2D eigenvalue weighted by atomic mass is 9.92. The van der Waals surface area contributed by atoms with Crippen LogP contribution >= 0.6 is 11.6 Å². The molecule has 10 heteroatoms. The third-order valence-corrected chi connectivity index (χ3v) is 6.96. The molecule has 4 heterocycles. The third-order valence-electron chi connectivity index (χ3n) is 6.69. The Hall–Kier alpha value is -2.81. The Kier molecular flexibility index (Phi) is 6.14. The van der Waals surface area contributed by atoms with Crippen LogP contribution in [-0.4, -0.2) is 47.0 Å². The van der Waals surface area contributed by atoms with Gasteiger partial charge in [0.1, 0.15) is 11.3 Å². The number of hydrogen-bond acceptors (Lipinski definition) is 5. The summed E-state index contributed by atoms with van der Waals surface area (Å²) in [5.74, 6) is 1.06. The van der Waals surface area contributed by atoms with Gasteiger partial charge >= 0.3 is 6.18 Å². The van der Waals surface area contributed by atoms with Gasteiger partial charge in [-0.15, -0.1) is 0 Å². The molecular formula is C24H24ClF3N4O2. The van der Waals surface area contributed by atoms with Crippen LogP contribution < -0.4 is 4.90 Å². The number of piperidine rings is 2. The Morgan fingerprint density at radius 1 is 1.12 bits per heavy atom.